The molecule has 2 aliphatic rings. The monoisotopic (exact) mass is 260 g/mol. The van der Waals surface area contributed by atoms with Gasteiger partial charge in [-0.3, -0.25) is 0 Å². The minimum atomic E-state index is -0.540. The molecule has 0 aromatic rings. The molecule has 4 heteroatoms. The highest BCUT2D eigenvalue weighted by Crippen LogP contribution is 2.31. The van der Waals surface area contributed by atoms with Crippen LogP contribution in [0, 0.1) is 11.3 Å². The van der Waals surface area contributed by atoms with Gasteiger partial charge < -0.3 is 9.64 Å². The molecule has 1 heterocycles. The molecule has 0 spiro atoms. The summed E-state index contributed by atoms with van der Waals surface area (Å²) in [6, 6.07) is 1.95. The van der Waals surface area contributed by atoms with Crippen molar-refractivity contribution in [3.05, 3.63) is 22.9 Å². The maximum atomic E-state index is 11.5. The summed E-state index contributed by atoms with van der Waals surface area (Å²) in [5, 5.41) is 9.05. The molecule has 19 heavy (non-hydrogen) atoms. The van der Waals surface area contributed by atoms with E-state index in [1.165, 1.54) is 32.1 Å². The minimum Gasteiger partial charge on any atom is -0.465 e. The van der Waals surface area contributed by atoms with Gasteiger partial charge in [-0.25, -0.2) is 4.79 Å². The molecule has 0 bridgehead atoms. The Kier molecular flexibility index (Phi) is 4.62. The van der Waals surface area contributed by atoms with Crippen molar-refractivity contribution in [2.24, 2.45) is 0 Å². The molecular weight excluding hydrogens is 240 g/mol. The highest BCUT2D eigenvalue weighted by molar-refractivity contribution is 5.93. The zero-order valence-corrected chi connectivity index (χ0v) is 11.4. The van der Waals surface area contributed by atoms with E-state index < -0.39 is 5.97 Å². The number of carbonyl (C=O) groups excluding carboxylic acids is 1. The predicted octanol–water partition coefficient (Wildman–Crippen LogP) is 2.53. The molecule has 0 radical (unpaired) electrons. The molecule has 1 fully saturated rings. The molecular formula is C15H20N2O2. The summed E-state index contributed by atoms with van der Waals surface area (Å²) in [4.78, 5) is 13.9. The molecule has 0 atom stereocenters. The highest BCUT2D eigenvalue weighted by Gasteiger charge is 2.21. The van der Waals surface area contributed by atoms with E-state index in [9.17, 15) is 4.79 Å². The Morgan fingerprint density at radius 1 is 1.26 bits per heavy atom. The van der Waals surface area contributed by atoms with Crippen LogP contribution in [0.3, 0.4) is 0 Å². The summed E-state index contributed by atoms with van der Waals surface area (Å²) in [6.07, 6.45) is 8.55. The normalized spacial score (nSPS) is 20.4. The van der Waals surface area contributed by atoms with E-state index in [2.05, 4.69) is 9.64 Å². The first-order valence-corrected chi connectivity index (χ1v) is 6.93. The lowest BCUT2D eigenvalue weighted by atomic mass is 9.94. The molecule has 102 valence electrons. The lowest BCUT2D eigenvalue weighted by Crippen LogP contribution is -2.22. The second-order valence-electron chi connectivity index (χ2n) is 5.03. The molecule has 0 amide bonds. The fourth-order valence-corrected chi connectivity index (χ4v) is 2.84. The second kappa shape index (κ2) is 6.42. The lowest BCUT2D eigenvalue weighted by molar-refractivity contribution is -0.135. The van der Waals surface area contributed by atoms with Crippen molar-refractivity contribution < 1.29 is 9.53 Å². The van der Waals surface area contributed by atoms with Gasteiger partial charge in [-0.05, 0) is 50.2 Å². The zero-order chi connectivity index (χ0) is 13.7. The van der Waals surface area contributed by atoms with E-state index in [0.29, 0.717) is 0 Å². The number of allylic oxidation sites excluding steroid dienone is 3. The number of carbonyl (C=O) groups is 1. The van der Waals surface area contributed by atoms with Gasteiger partial charge in [0.2, 0.25) is 0 Å². The van der Waals surface area contributed by atoms with Gasteiger partial charge in [0.25, 0.3) is 0 Å². The maximum absolute atomic E-state index is 11.5. The number of likely N-dealkylation sites (tertiary alicyclic amines) is 1. The number of ether oxygens (including phenoxy) is 1. The van der Waals surface area contributed by atoms with Gasteiger partial charge in [-0.15, -0.1) is 0 Å². The highest BCUT2D eigenvalue weighted by atomic mass is 16.5. The van der Waals surface area contributed by atoms with E-state index in [4.69, 9.17) is 5.26 Å². The summed E-state index contributed by atoms with van der Waals surface area (Å²) in [5.74, 6) is -0.540. The first-order valence-electron chi connectivity index (χ1n) is 6.93. The molecule has 0 aromatic carbocycles. The molecule has 1 aliphatic heterocycles. The topological polar surface area (TPSA) is 53.3 Å². The second-order valence-corrected chi connectivity index (χ2v) is 5.03. The van der Waals surface area contributed by atoms with Crippen LogP contribution in [0.4, 0.5) is 0 Å². The van der Waals surface area contributed by atoms with E-state index >= 15 is 0 Å². The summed E-state index contributed by atoms with van der Waals surface area (Å²) < 4.78 is 4.64. The third-order valence-corrected chi connectivity index (χ3v) is 3.81. The largest absolute Gasteiger partial charge is 0.465 e. The van der Waals surface area contributed by atoms with Crippen LogP contribution >= 0.6 is 0 Å². The molecule has 4 nitrogen and oxygen atoms in total. The summed E-state index contributed by atoms with van der Waals surface area (Å²) in [6.45, 7) is 2.21. The molecule has 2 rings (SSSR count). The Morgan fingerprint density at radius 2 is 1.95 bits per heavy atom. The summed E-state index contributed by atoms with van der Waals surface area (Å²) in [7, 11) is 1.31. The van der Waals surface area contributed by atoms with Crippen molar-refractivity contribution in [3.63, 3.8) is 0 Å². The molecule has 1 aliphatic carbocycles. The van der Waals surface area contributed by atoms with Crippen LogP contribution in [0.25, 0.3) is 0 Å². The zero-order valence-electron chi connectivity index (χ0n) is 11.4. The van der Waals surface area contributed by atoms with Gasteiger partial charge in [0, 0.05) is 18.8 Å². The SMILES string of the molecule is COC(=O)/C(C#N)=C/C1=C(N2CCCC2)CCCC1. The van der Waals surface area contributed by atoms with E-state index in [1.54, 1.807) is 6.08 Å². The first kappa shape index (κ1) is 13.7. The number of rotatable bonds is 3. The van der Waals surface area contributed by atoms with Crippen LogP contribution in [0.1, 0.15) is 38.5 Å². The van der Waals surface area contributed by atoms with Crippen molar-refractivity contribution >= 4 is 5.97 Å². The molecule has 1 saturated heterocycles. The van der Waals surface area contributed by atoms with Gasteiger partial charge in [-0.1, -0.05) is 0 Å². The van der Waals surface area contributed by atoms with E-state index in [0.717, 1.165) is 37.9 Å². The Labute approximate surface area is 114 Å². The average Bonchev–Trinajstić information content (AvgIpc) is 2.98. The fraction of sp³-hybridized carbons (Fsp3) is 0.600. The number of nitriles is 1. The quantitative estimate of drug-likeness (QED) is 0.444. The van der Waals surface area contributed by atoms with Crippen LogP contribution in [0.5, 0.6) is 0 Å². The lowest BCUT2D eigenvalue weighted by Gasteiger charge is -2.27. The molecule has 0 unspecified atom stereocenters. The number of methoxy groups -OCH3 is 1. The molecule has 0 aromatic heterocycles. The van der Waals surface area contributed by atoms with Crippen LogP contribution in [-0.2, 0) is 9.53 Å². The number of nitrogens with zero attached hydrogens (tertiary/aromatic N) is 2. The van der Waals surface area contributed by atoms with Crippen molar-refractivity contribution in [1.29, 1.82) is 5.26 Å². The molecule has 0 N–H and O–H groups in total. The smallest absolute Gasteiger partial charge is 0.348 e. The van der Waals surface area contributed by atoms with Crippen molar-refractivity contribution in [1.82, 2.24) is 4.90 Å². The predicted molar refractivity (Wildman–Crippen MR) is 72.0 cm³/mol. The maximum Gasteiger partial charge on any atom is 0.348 e. The standard InChI is InChI=1S/C15H20N2O2/c1-19-15(18)13(11-16)10-12-6-2-3-7-14(12)17-8-4-5-9-17/h10H,2-9H2,1H3/b13-10+. The van der Waals surface area contributed by atoms with Gasteiger partial charge >= 0.3 is 5.97 Å². The van der Waals surface area contributed by atoms with E-state index in [1.807, 2.05) is 6.07 Å². The van der Waals surface area contributed by atoms with Crippen molar-refractivity contribution in [3.8, 4) is 6.07 Å². The number of hydrogen-bond donors (Lipinski definition) is 0. The Balaban J connectivity index is 2.29. The van der Waals surface area contributed by atoms with Gasteiger partial charge in [-0.2, -0.15) is 5.26 Å². The van der Waals surface area contributed by atoms with Crippen LogP contribution in [0.15, 0.2) is 22.9 Å². The summed E-state index contributed by atoms with van der Waals surface area (Å²) in [5.41, 5.74) is 2.59. The Hall–Kier alpha value is -1.76. The van der Waals surface area contributed by atoms with Crippen LogP contribution < -0.4 is 0 Å². The van der Waals surface area contributed by atoms with E-state index in [-0.39, 0.29) is 5.57 Å². The van der Waals surface area contributed by atoms with Gasteiger partial charge in [0.1, 0.15) is 11.6 Å². The number of hydrogen-bond acceptors (Lipinski definition) is 4. The van der Waals surface area contributed by atoms with Crippen LogP contribution in [-0.4, -0.2) is 31.1 Å². The third-order valence-electron chi connectivity index (χ3n) is 3.81. The average molecular weight is 260 g/mol. The van der Waals surface area contributed by atoms with Crippen molar-refractivity contribution in [2.45, 2.75) is 38.5 Å². The van der Waals surface area contributed by atoms with Crippen molar-refractivity contribution in [2.75, 3.05) is 20.2 Å². The van der Waals surface area contributed by atoms with Crippen LogP contribution in [0.2, 0.25) is 0 Å². The Morgan fingerprint density at radius 3 is 2.58 bits per heavy atom. The van der Waals surface area contributed by atoms with Gasteiger partial charge in [0.05, 0.1) is 7.11 Å². The fourth-order valence-electron chi connectivity index (χ4n) is 2.84. The Bertz CT molecular complexity index is 451. The van der Waals surface area contributed by atoms with Gasteiger partial charge in [0.15, 0.2) is 0 Å². The first-order chi connectivity index (χ1) is 9.26. The number of esters is 1. The summed E-state index contributed by atoms with van der Waals surface area (Å²) >= 11 is 0. The third kappa shape index (κ3) is 3.17. The minimum absolute atomic E-state index is 0.107. The molecule has 0 saturated carbocycles.